The Kier molecular flexibility index (Phi) is 5.55. The van der Waals surface area contributed by atoms with E-state index in [0.717, 1.165) is 27.3 Å². The molecule has 1 aliphatic rings. The highest BCUT2D eigenvalue weighted by Crippen LogP contribution is 2.64. The maximum atomic E-state index is 6.10. The van der Waals surface area contributed by atoms with Gasteiger partial charge in [0.2, 0.25) is 0 Å². The Labute approximate surface area is 150 Å². The van der Waals surface area contributed by atoms with Crippen molar-refractivity contribution in [3.8, 4) is 0 Å². The molecule has 3 heteroatoms. The number of hydrogen-bond acceptors (Lipinski definition) is 2. The summed E-state index contributed by atoms with van der Waals surface area (Å²) in [6.07, 6.45) is 8.54. The smallest absolute Gasteiger partial charge is 0.162 e. The van der Waals surface area contributed by atoms with Gasteiger partial charge in [-0.3, -0.25) is 0 Å². The van der Waals surface area contributed by atoms with Crippen molar-refractivity contribution in [3.05, 3.63) is 102 Å². The van der Waals surface area contributed by atoms with Crippen LogP contribution in [0.5, 0.6) is 0 Å². The van der Waals surface area contributed by atoms with E-state index in [0.29, 0.717) is 0 Å². The van der Waals surface area contributed by atoms with Crippen LogP contribution in [0.1, 0.15) is 18.1 Å². The minimum absolute atomic E-state index is 1.10. The van der Waals surface area contributed by atoms with Crippen molar-refractivity contribution in [2.75, 3.05) is 14.2 Å². The summed E-state index contributed by atoms with van der Waals surface area (Å²) >= 11 is 0. The van der Waals surface area contributed by atoms with E-state index in [-0.39, 0.29) is 0 Å². The summed E-state index contributed by atoms with van der Waals surface area (Å²) in [5.41, 5.74) is 3.40. The molecule has 0 bridgehead atoms. The van der Waals surface area contributed by atoms with Gasteiger partial charge in [0, 0.05) is 24.8 Å². The first-order valence-corrected chi connectivity index (χ1v) is 9.93. The Morgan fingerprint density at radius 2 is 1.32 bits per heavy atom. The Balaban J connectivity index is 2.36. The highest BCUT2D eigenvalue weighted by atomic mass is 31.2. The third-order valence-electron chi connectivity index (χ3n) is 4.25. The molecule has 3 rings (SSSR count). The standard InChI is InChI=1S/C22H23O2P/c1-4-11-18-16-21(19-12-7-5-8-13-19)25(23-2,24-3)22(17-18)20-14-9-6-10-15-20/h4-17H,1-3H3/b11-4-. The van der Waals surface area contributed by atoms with Gasteiger partial charge in [-0.05, 0) is 35.8 Å². The largest absolute Gasteiger partial charge is 0.337 e. The molecule has 0 saturated heterocycles. The molecule has 0 radical (unpaired) electrons. The van der Waals surface area contributed by atoms with Gasteiger partial charge in [0.15, 0.2) is 7.34 Å². The predicted molar refractivity (Wildman–Crippen MR) is 109 cm³/mol. The first-order chi connectivity index (χ1) is 12.2. The molecule has 0 fully saturated rings. The minimum Gasteiger partial charge on any atom is -0.337 e. The fourth-order valence-corrected chi connectivity index (χ4v) is 5.95. The second-order valence-corrected chi connectivity index (χ2v) is 8.50. The molecular formula is C22H23O2P. The second-order valence-electron chi connectivity index (χ2n) is 5.71. The molecule has 2 aromatic carbocycles. The predicted octanol–water partition coefficient (Wildman–Crippen LogP) is 5.90. The van der Waals surface area contributed by atoms with E-state index in [4.69, 9.17) is 9.05 Å². The molecule has 2 nitrogen and oxygen atoms in total. The molecule has 0 aliphatic carbocycles. The van der Waals surface area contributed by atoms with Gasteiger partial charge < -0.3 is 9.05 Å². The van der Waals surface area contributed by atoms with E-state index < -0.39 is 7.34 Å². The molecule has 0 aromatic heterocycles. The average Bonchev–Trinajstić information content (AvgIpc) is 2.69. The van der Waals surface area contributed by atoms with Crippen molar-refractivity contribution in [3.63, 3.8) is 0 Å². The van der Waals surface area contributed by atoms with Crippen molar-refractivity contribution < 1.29 is 9.05 Å². The summed E-state index contributed by atoms with van der Waals surface area (Å²) in [7, 11) is 1.07. The van der Waals surface area contributed by atoms with Crippen LogP contribution in [-0.4, -0.2) is 19.5 Å². The Bertz CT molecular complexity index is 867. The first-order valence-electron chi connectivity index (χ1n) is 8.30. The zero-order valence-electron chi connectivity index (χ0n) is 14.8. The number of hydrogen-bond donors (Lipinski definition) is 0. The van der Waals surface area contributed by atoms with Crippen molar-refractivity contribution in [2.45, 2.75) is 6.92 Å². The molecule has 25 heavy (non-hydrogen) atoms. The third-order valence-corrected chi connectivity index (χ3v) is 7.33. The van der Waals surface area contributed by atoms with Crippen LogP contribution >= 0.6 is 7.34 Å². The van der Waals surface area contributed by atoms with E-state index in [9.17, 15) is 0 Å². The van der Waals surface area contributed by atoms with Gasteiger partial charge in [-0.2, -0.15) is 0 Å². The second kappa shape index (κ2) is 7.84. The van der Waals surface area contributed by atoms with Crippen molar-refractivity contribution in [1.82, 2.24) is 0 Å². The van der Waals surface area contributed by atoms with Crippen LogP contribution in [0.3, 0.4) is 0 Å². The lowest BCUT2D eigenvalue weighted by atomic mass is 10.1. The summed E-state index contributed by atoms with van der Waals surface area (Å²) in [6, 6.07) is 20.7. The fraction of sp³-hybridized carbons (Fsp3) is 0.136. The number of allylic oxidation sites excluding steroid dienone is 5. The van der Waals surface area contributed by atoms with Gasteiger partial charge in [0.05, 0.1) is 0 Å². The molecular weight excluding hydrogens is 327 g/mol. The van der Waals surface area contributed by atoms with Gasteiger partial charge >= 0.3 is 0 Å². The maximum absolute atomic E-state index is 6.10. The van der Waals surface area contributed by atoms with Crippen LogP contribution in [0.2, 0.25) is 0 Å². The Morgan fingerprint density at radius 1 is 0.760 bits per heavy atom. The van der Waals surface area contributed by atoms with Crippen LogP contribution in [-0.2, 0) is 9.05 Å². The minimum atomic E-state index is -2.41. The molecule has 1 heterocycles. The van der Waals surface area contributed by atoms with E-state index >= 15 is 0 Å². The number of benzene rings is 2. The average molecular weight is 350 g/mol. The Hall–Kier alpha value is -2.12. The van der Waals surface area contributed by atoms with Gasteiger partial charge in [-0.1, -0.05) is 72.8 Å². The monoisotopic (exact) mass is 350 g/mol. The summed E-state index contributed by atoms with van der Waals surface area (Å²) in [6.45, 7) is 2.03. The van der Waals surface area contributed by atoms with Crippen molar-refractivity contribution >= 4 is 17.9 Å². The van der Waals surface area contributed by atoms with Crippen LogP contribution in [0.4, 0.5) is 0 Å². The van der Waals surface area contributed by atoms with E-state index in [2.05, 4.69) is 48.6 Å². The van der Waals surface area contributed by atoms with E-state index in [1.165, 1.54) is 0 Å². The molecule has 128 valence electrons. The third kappa shape index (κ3) is 3.34. The molecule has 2 aromatic rings. The van der Waals surface area contributed by atoms with Crippen molar-refractivity contribution in [1.29, 1.82) is 0 Å². The van der Waals surface area contributed by atoms with Crippen LogP contribution in [0, 0.1) is 0 Å². The molecule has 0 N–H and O–H groups in total. The van der Waals surface area contributed by atoms with Crippen LogP contribution < -0.4 is 0 Å². The fourth-order valence-electron chi connectivity index (χ4n) is 3.14. The summed E-state index contributed by atoms with van der Waals surface area (Å²) < 4.78 is 12.2. The summed E-state index contributed by atoms with van der Waals surface area (Å²) in [5.74, 6) is 0. The molecule has 0 unspecified atom stereocenters. The van der Waals surface area contributed by atoms with Gasteiger partial charge in [0.25, 0.3) is 0 Å². The van der Waals surface area contributed by atoms with E-state index in [1.807, 2.05) is 43.3 Å². The maximum Gasteiger partial charge on any atom is 0.162 e. The SMILES string of the molecule is C/C=C\C1=CC(c2ccccc2)=P(OC)(OC)C(c2ccccc2)=C1. The summed E-state index contributed by atoms with van der Waals surface area (Å²) in [5, 5.41) is 2.21. The zero-order valence-corrected chi connectivity index (χ0v) is 15.7. The molecule has 1 aliphatic heterocycles. The van der Waals surface area contributed by atoms with E-state index in [1.54, 1.807) is 14.2 Å². The summed E-state index contributed by atoms with van der Waals surface area (Å²) in [4.78, 5) is 0. The zero-order chi connectivity index (χ0) is 17.7. The lowest BCUT2D eigenvalue weighted by Crippen LogP contribution is -2.10. The number of rotatable bonds is 5. The molecule has 0 atom stereocenters. The van der Waals surface area contributed by atoms with Crippen LogP contribution in [0.25, 0.3) is 5.31 Å². The first kappa shape index (κ1) is 17.7. The highest BCUT2D eigenvalue weighted by molar-refractivity contribution is 7.78. The van der Waals surface area contributed by atoms with Crippen molar-refractivity contribution in [2.24, 2.45) is 0 Å². The van der Waals surface area contributed by atoms with Gasteiger partial charge in [0.1, 0.15) is 0 Å². The van der Waals surface area contributed by atoms with Crippen LogP contribution in [0.15, 0.2) is 90.5 Å². The molecule has 0 spiro atoms. The van der Waals surface area contributed by atoms with Gasteiger partial charge in [-0.15, -0.1) is 0 Å². The normalized spacial score (nSPS) is 16.7. The highest BCUT2D eigenvalue weighted by Gasteiger charge is 2.31. The van der Waals surface area contributed by atoms with Gasteiger partial charge in [-0.25, -0.2) is 0 Å². The molecule has 0 saturated carbocycles. The lowest BCUT2D eigenvalue weighted by Gasteiger charge is -2.32. The lowest BCUT2D eigenvalue weighted by molar-refractivity contribution is 0.345. The topological polar surface area (TPSA) is 18.5 Å². The Morgan fingerprint density at radius 3 is 1.84 bits per heavy atom. The molecule has 0 amide bonds. The quantitative estimate of drug-likeness (QED) is 0.625.